The highest BCUT2D eigenvalue weighted by atomic mass is 32.1. The lowest BCUT2D eigenvalue weighted by Gasteiger charge is -2.07. The number of benzene rings is 1. The van der Waals surface area contributed by atoms with Crippen molar-refractivity contribution in [3.8, 4) is 0 Å². The maximum atomic E-state index is 11.8. The van der Waals surface area contributed by atoms with Gasteiger partial charge in [-0.05, 0) is 55.0 Å². The van der Waals surface area contributed by atoms with Crippen molar-refractivity contribution in [2.45, 2.75) is 26.7 Å². The molecule has 1 heterocycles. The molecule has 0 saturated heterocycles. The second kappa shape index (κ2) is 5.83. The summed E-state index contributed by atoms with van der Waals surface area (Å²) in [6.45, 7) is 4.12. The minimum atomic E-state index is 0.0756. The maximum Gasteiger partial charge on any atom is 0.224 e. The number of carbonyl (C=O) groups is 1. The van der Waals surface area contributed by atoms with E-state index in [4.69, 9.17) is 0 Å². The molecule has 0 saturated carbocycles. The fourth-order valence-electron chi connectivity index (χ4n) is 1.73. The van der Waals surface area contributed by atoms with Crippen LogP contribution in [0.3, 0.4) is 0 Å². The van der Waals surface area contributed by atoms with Crippen LogP contribution in [-0.4, -0.2) is 5.91 Å². The third-order valence-electron chi connectivity index (χ3n) is 2.97. The standard InChI is InChI=1S/C15H17NOS/c1-11-5-6-13(10-12(11)2)16-15(17)8-7-14-4-3-9-18-14/h3-6,9-10H,7-8H2,1-2H3,(H,16,17). The average Bonchev–Trinajstić information content (AvgIpc) is 2.84. The van der Waals surface area contributed by atoms with Gasteiger partial charge < -0.3 is 5.32 Å². The van der Waals surface area contributed by atoms with Crippen LogP contribution in [0.1, 0.15) is 22.4 Å². The van der Waals surface area contributed by atoms with Gasteiger partial charge in [-0.1, -0.05) is 12.1 Å². The molecule has 3 heteroatoms. The smallest absolute Gasteiger partial charge is 0.224 e. The molecule has 1 aromatic carbocycles. The van der Waals surface area contributed by atoms with Gasteiger partial charge in [0.1, 0.15) is 0 Å². The summed E-state index contributed by atoms with van der Waals surface area (Å²) < 4.78 is 0. The molecule has 1 N–H and O–H groups in total. The molecule has 94 valence electrons. The Labute approximate surface area is 112 Å². The molecule has 1 aromatic heterocycles. The number of nitrogens with one attached hydrogen (secondary N) is 1. The predicted molar refractivity (Wildman–Crippen MR) is 77.2 cm³/mol. The third kappa shape index (κ3) is 3.44. The van der Waals surface area contributed by atoms with Crippen molar-refractivity contribution in [1.82, 2.24) is 0 Å². The van der Waals surface area contributed by atoms with E-state index in [1.54, 1.807) is 11.3 Å². The lowest BCUT2D eigenvalue weighted by atomic mass is 10.1. The fourth-order valence-corrected chi connectivity index (χ4v) is 2.44. The van der Waals surface area contributed by atoms with Crippen LogP contribution in [0.5, 0.6) is 0 Å². The van der Waals surface area contributed by atoms with Crippen molar-refractivity contribution in [3.05, 3.63) is 51.7 Å². The minimum absolute atomic E-state index is 0.0756. The third-order valence-corrected chi connectivity index (χ3v) is 3.91. The Morgan fingerprint density at radius 3 is 2.72 bits per heavy atom. The first kappa shape index (κ1) is 12.8. The van der Waals surface area contributed by atoms with Crippen molar-refractivity contribution in [3.63, 3.8) is 0 Å². The Morgan fingerprint density at radius 1 is 1.22 bits per heavy atom. The van der Waals surface area contributed by atoms with E-state index < -0.39 is 0 Å². The van der Waals surface area contributed by atoms with Crippen molar-refractivity contribution < 1.29 is 4.79 Å². The highest BCUT2D eigenvalue weighted by Crippen LogP contribution is 2.15. The summed E-state index contributed by atoms with van der Waals surface area (Å²) in [6.07, 6.45) is 1.35. The van der Waals surface area contributed by atoms with E-state index in [0.717, 1.165) is 12.1 Å². The number of amides is 1. The maximum absolute atomic E-state index is 11.8. The Hall–Kier alpha value is -1.61. The molecule has 18 heavy (non-hydrogen) atoms. The molecular formula is C15H17NOS. The average molecular weight is 259 g/mol. The second-order valence-corrected chi connectivity index (χ2v) is 5.46. The number of hydrogen-bond donors (Lipinski definition) is 1. The van der Waals surface area contributed by atoms with Crippen LogP contribution in [0, 0.1) is 13.8 Å². The number of anilines is 1. The van der Waals surface area contributed by atoms with Crippen molar-refractivity contribution in [1.29, 1.82) is 0 Å². The summed E-state index contributed by atoms with van der Waals surface area (Å²) in [5, 5.41) is 4.98. The molecule has 2 rings (SSSR count). The molecule has 0 aliphatic heterocycles. The molecule has 0 radical (unpaired) electrons. The molecule has 0 spiro atoms. The van der Waals surface area contributed by atoms with Crippen LogP contribution in [0.25, 0.3) is 0 Å². The lowest BCUT2D eigenvalue weighted by molar-refractivity contribution is -0.116. The second-order valence-electron chi connectivity index (χ2n) is 4.43. The molecule has 0 aliphatic carbocycles. The first-order valence-electron chi connectivity index (χ1n) is 6.04. The predicted octanol–water partition coefficient (Wildman–Crippen LogP) is 3.94. The first-order valence-corrected chi connectivity index (χ1v) is 6.92. The van der Waals surface area contributed by atoms with Gasteiger partial charge in [0, 0.05) is 17.0 Å². The molecule has 0 atom stereocenters. The Balaban J connectivity index is 1.88. The Morgan fingerprint density at radius 2 is 2.06 bits per heavy atom. The zero-order valence-corrected chi connectivity index (χ0v) is 11.5. The SMILES string of the molecule is Cc1ccc(NC(=O)CCc2cccs2)cc1C. The van der Waals surface area contributed by atoms with E-state index >= 15 is 0 Å². The molecule has 2 aromatic rings. The lowest BCUT2D eigenvalue weighted by Crippen LogP contribution is -2.12. The van der Waals surface area contributed by atoms with Gasteiger partial charge >= 0.3 is 0 Å². The number of thiophene rings is 1. The van der Waals surface area contributed by atoms with E-state index in [-0.39, 0.29) is 5.91 Å². The van der Waals surface area contributed by atoms with Gasteiger partial charge in [0.2, 0.25) is 5.91 Å². The quantitative estimate of drug-likeness (QED) is 0.885. The van der Waals surface area contributed by atoms with E-state index in [1.807, 2.05) is 29.6 Å². The van der Waals surface area contributed by atoms with Gasteiger partial charge in [-0.15, -0.1) is 11.3 Å². The van der Waals surface area contributed by atoms with E-state index in [9.17, 15) is 4.79 Å². The van der Waals surface area contributed by atoms with Crippen LogP contribution in [-0.2, 0) is 11.2 Å². The van der Waals surface area contributed by atoms with Crippen molar-refractivity contribution in [2.24, 2.45) is 0 Å². The zero-order valence-electron chi connectivity index (χ0n) is 10.7. The zero-order chi connectivity index (χ0) is 13.0. The summed E-state index contributed by atoms with van der Waals surface area (Å²) >= 11 is 1.70. The highest BCUT2D eigenvalue weighted by Gasteiger charge is 2.04. The summed E-state index contributed by atoms with van der Waals surface area (Å²) in [5.41, 5.74) is 3.33. The monoisotopic (exact) mass is 259 g/mol. The topological polar surface area (TPSA) is 29.1 Å². The van der Waals surface area contributed by atoms with Gasteiger partial charge in [0.15, 0.2) is 0 Å². The Bertz CT molecular complexity index is 531. The van der Waals surface area contributed by atoms with E-state index in [0.29, 0.717) is 6.42 Å². The van der Waals surface area contributed by atoms with Crippen molar-refractivity contribution >= 4 is 22.9 Å². The number of carbonyl (C=O) groups excluding carboxylic acids is 1. The van der Waals surface area contributed by atoms with Crippen LogP contribution in [0.2, 0.25) is 0 Å². The van der Waals surface area contributed by atoms with Gasteiger partial charge in [-0.25, -0.2) is 0 Å². The number of hydrogen-bond acceptors (Lipinski definition) is 2. The largest absolute Gasteiger partial charge is 0.326 e. The Kier molecular flexibility index (Phi) is 4.15. The van der Waals surface area contributed by atoms with Crippen LogP contribution in [0.15, 0.2) is 35.7 Å². The minimum Gasteiger partial charge on any atom is -0.326 e. The van der Waals surface area contributed by atoms with Gasteiger partial charge in [-0.2, -0.15) is 0 Å². The van der Waals surface area contributed by atoms with Gasteiger partial charge in [0.05, 0.1) is 0 Å². The summed E-state index contributed by atoms with van der Waals surface area (Å²) in [5.74, 6) is 0.0756. The summed E-state index contributed by atoms with van der Waals surface area (Å²) in [7, 11) is 0. The molecule has 0 unspecified atom stereocenters. The molecule has 0 bridgehead atoms. The molecule has 0 fully saturated rings. The van der Waals surface area contributed by atoms with Gasteiger partial charge in [-0.3, -0.25) is 4.79 Å². The number of aryl methyl sites for hydroxylation is 3. The molecule has 0 aliphatic rings. The number of rotatable bonds is 4. The fraction of sp³-hybridized carbons (Fsp3) is 0.267. The normalized spacial score (nSPS) is 10.3. The first-order chi connectivity index (χ1) is 8.65. The van der Waals surface area contributed by atoms with Crippen molar-refractivity contribution in [2.75, 3.05) is 5.32 Å². The molecular weight excluding hydrogens is 242 g/mol. The van der Waals surface area contributed by atoms with E-state index in [1.165, 1.54) is 16.0 Å². The highest BCUT2D eigenvalue weighted by molar-refractivity contribution is 7.09. The van der Waals surface area contributed by atoms with Crippen LogP contribution >= 0.6 is 11.3 Å². The van der Waals surface area contributed by atoms with Crippen LogP contribution in [0.4, 0.5) is 5.69 Å². The van der Waals surface area contributed by atoms with Gasteiger partial charge in [0.25, 0.3) is 0 Å². The summed E-state index contributed by atoms with van der Waals surface area (Å²) in [6, 6.07) is 10.1. The molecule has 1 amide bonds. The van der Waals surface area contributed by atoms with Crippen LogP contribution < -0.4 is 5.32 Å². The summed E-state index contributed by atoms with van der Waals surface area (Å²) in [4.78, 5) is 13.1. The van der Waals surface area contributed by atoms with E-state index in [2.05, 4.69) is 25.2 Å². The molecule has 2 nitrogen and oxygen atoms in total.